The number of carbonyl (C=O) groups is 3. The highest BCUT2D eigenvalue weighted by Crippen LogP contribution is 2.27. The van der Waals surface area contributed by atoms with Gasteiger partial charge < -0.3 is 29.3 Å². The summed E-state index contributed by atoms with van der Waals surface area (Å²) in [5.74, 6) is -1.11. The number of rotatable bonds is 5. The third-order valence-electron chi connectivity index (χ3n) is 6.40. The lowest BCUT2D eigenvalue weighted by atomic mass is 10.0. The van der Waals surface area contributed by atoms with E-state index in [0.29, 0.717) is 18.0 Å². The number of likely N-dealkylation sites (N-methyl/N-ethyl adjacent to an activating group) is 1. The van der Waals surface area contributed by atoms with Gasteiger partial charge in [0.2, 0.25) is 5.91 Å². The molecule has 0 unspecified atom stereocenters. The maximum atomic E-state index is 13.5. The number of carbonyl (C=O) groups excluding carboxylic acids is 3. The van der Waals surface area contributed by atoms with Crippen LogP contribution in [-0.2, 0) is 14.3 Å². The third-order valence-corrected chi connectivity index (χ3v) is 6.40. The molecular formula is C27H34FN3O6. The number of hydrogen-bond acceptors (Lipinski definition) is 6. The van der Waals surface area contributed by atoms with Crippen LogP contribution in [0.25, 0.3) is 0 Å². The number of benzene rings is 2. The van der Waals surface area contributed by atoms with Crippen molar-refractivity contribution in [3.05, 3.63) is 59.4 Å². The predicted molar refractivity (Wildman–Crippen MR) is 136 cm³/mol. The van der Waals surface area contributed by atoms with Crippen LogP contribution < -0.4 is 10.1 Å². The van der Waals surface area contributed by atoms with Gasteiger partial charge in [0.1, 0.15) is 24.8 Å². The van der Waals surface area contributed by atoms with Gasteiger partial charge in [0, 0.05) is 51.5 Å². The number of ether oxygens (including phenoxy) is 3. The van der Waals surface area contributed by atoms with E-state index in [1.165, 1.54) is 36.3 Å². The van der Waals surface area contributed by atoms with E-state index < -0.39 is 11.7 Å². The predicted octanol–water partition coefficient (Wildman–Crippen LogP) is 3.06. The van der Waals surface area contributed by atoms with Crippen LogP contribution in [0.15, 0.2) is 42.5 Å². The number of anilines is 1. The van der Waals surface area contributed by atoms with Crippen LogP contribution in [0.3, 0.4) is 0 Å². The average molecular weight is 516 g/mol. The normalized spacial score (nSPS) is 20.8. The van der Waals surface area contributed by atoms with Crippen molar-refractivity contribution in [3.63, 3.8) is 0 Å². The zero-order valence-electron chi connectivity index (χ0n) is 21.8. The summed E-state index contributed by atoms with van der Waals surface area (Å²) in [7, 11) is 4.72. The smallest absolute Gasteiger partial charge is 0.257 e. The van der Waals surface area contributed by atoms with Gasteiger partial charge in [-0.3, -0.25) is 14.4 Å². The van der Waals surface area contributed by atoms with Gasteiger partial charge in [-0.15, -0.1) is 0 Å². The highest BCUT2D eigenvalue weighted by atomic mass is 19.1. The Balaban J connectivity index is 1.93. The summed E-state index contributed by atoms with van der Waals surface area (Å²) in [5, 5.41) is 2.74. The van der Waals surface area contributed by atoms with Crippen LogP contribution in [0.4, 0.5) is 10.1 Å². The zero-order valence-corrected chi connectivity index (χ0v) is 21.8. The minimum Gasteiger partial charge on any atom is -0.491 e. The van der Waals surface area contributed by atoms with Crippen molar-refractivity contribution < 1.29 is 33.0 Å². The molecule has 3 amide bonds. The summed E-state index contributed by atoms with van der Waals surface area (Å²) in [5.41, 5.74) is 0.914. The van der Waals surface area contributed by atoms with E-state index in [0.717, 1.165) is 0 Å². The van der Waals surface area contributed by atoms with Gasteiger partial charge in [0.25, 0.3) is 11.8 Å². The molecule has 0 aromatic heterocycles. The number of fused-ring (bicyclic) bond motifs is 1. The first-order chi connectivity index (χ1) is 17.6. The van der Waals surface area contributed by atoms with Gasteiger partial charge in [-0.2, -0.15) is 0 Å². The lowest BCUT2D eigenvalue weighted by Gasteiger charge is -2.36. The topological polar surface area (TPSA) is 97.4 Å². The fraction of sp³-hybridized carbons (Fsp3) is 0.444. The molecule has 0 fully saturated rings. The molecule has 3 atom stereocenters. The number of hydrogen-bond donors (Lipinski definition) is 1. The Morgan fingerprint density at radius 3 is 2.46 bits per heavy atom. The number of methoxy groups -OCH3 is 2. The van der Waals surface area contributed by atoms with E-state index in [2.05, 4.69) is 5.32 Å². The molecule has 2 aromatic carbocycles. The highest BCUT2D eigenvalue weighted by molar-refractivity contribution is 6.05. The minimum atomic E-state index is -0.442. The van der Waals surface area contributed by atoms with Gasteiger partial charge >= 0.3 is 0 Å². The Morgan fingerprint density at radius 2 is 1.81 bits per heavy atom. The molecule has 0 saturated carbocycles. The van der Waals surface area contributed by atoms with Crippen molar-refractivity contribution in [2.75, 3.05) is 52.9 Å². The summed E-state index contributed by atoms with van der Waals surface area (Å²) >= 11 is 0. The average Bonchev–Trinajstić information content (AvgIpc) is 2.88. The molecule has 37 heavy (non-hydrogen) atoms. The molecule has 1 aliphatic heterocycles. The van der Waals surface area contributed by atoms with Crippen LogP contribution in [-0.4, -0.2) is 87.2 Å². The van der Waals surface area contributed by atoms with Crippen LogP contribution in [0, 0.1) is 11.7 Å². The first-order valence-electron chi connectivity index (χ1n) is 12.0. The Morgan fingerprint density at radius 1 is 1.11 bits per heavy atom. The minimum absolute atomic E-state index is 0.0548. The molecule has 3 rings (SSSR count). The fourth-order valence-corrected chi connectivity index (χ4v) is 4.21. The molecule has 1 heterocycles. The Hall–Kier alpha value is -3.50. The van der Waals surface area contributed by atoms with E-state index in [-0.39, 0.29) is 60.8 Å². The van der Waals surface area contributed by atoms with Gasteiger partial charge in [0.05, 0.1) is 17.7 Å². The second-order valence-electron chi connectivity index (χ2n) is 9.25. The second kappa shape index (κ2) is 12.6. The van der Waals surface area contributed by atoms with Crippen LogP contribution in [0.5, 0.6) is 5.75 Å². The molecule has 9 nitrogen and oxygen atoms in total. The summed E-state index contributed by atoms with van der Waals surface area (Å²) in [6.07, 6.45) is -0.329. The van der Waals surface area contributed by atoms with Gasteiger partial charge in [0.15, 0.2) is 0 Å². The van der Waals surface area contributed by atoms with Crippen molar-refractivity contribution in [2.45, 2.75) is 26.0 Å². The van der Waals surface area contributed by atoms with Crippen molar-refractivity contribution in [1.82, 2.24) is 9.80 Å². The van der Waals surface area contributed by atoms with Gasteiger partial charge in [-0.05, 0) is 49.4 Å². The van der Waals surface area contributed by atoms with Crippen LogP contribution in [0.2, 0.25) is 0 Å². The standard InChI is InChI=1S/C27H34FN3O6/c1-17-13-31(25(32)16-35-4)18(2)15-37-23-11-10-21(29-26(33)19-6-8-20(28)9-7-19)12-22(23)27(34)30(3)14-24(17)36-5/h6-12,17-18,24H,13-16H2,1-5H3,(H,29,33)/t17-,18+,24-/m1/s1. The third kappa shape index (κ3) is 7.05. The van der Waals surface area contributed by atoms with Crippen LogP contribution in [0.1, 0.15) is 34.6 Å². The van der Waals surface area contributed by atoms with Gasteiger partial charge in [-0.25, -0.2) is 4.39 Å². The molecule has 200 valence electrons. The fourth-order valence-electron chi connectivity index (χ4n) is 4.21. The lowest BCUT2D eigenvalue weighted by Crippen LogP contribution is -2.49. The molecule has 10 heteroatoms. The molecule has 0 bridgehead atoms. The number of nitrogens with zero attached hydrogens (tertiary/aromatic N) is 2. The molecule has 1 aliphatic rings. The highest BCUT2D eigenvalue weighted by Gasteiger charge is 2.30. The first-order valence-corrected chi connectivity index (χ1v) is 12.0. The SMILES string of the molecule is COCC(=O)N1C[C@@H](C)[C@H](OC)CN(C)C(=O)c2cc(NC(=O)c3ccc(F)cc3)ccc2OC[C@@H]1C. The monoisotopic (exact) mass is 515 g/mol. The summed E-state index contributed by atoms with van der Waals surface area (Å²) in [4.78, 5) is 42.1. The number of amides is 3. The molecule has 0 saturated heterocycles. The Labute approximate surface area is 216 Å². The number of halogens is 1. The van der Waals surface area contributed by atoms with E-state index in [4.69, 9.17) is 14.2 Å². The Bertz CT molecular complexity index is 1110. The summed E-state index contributed by atoms with van der Waals surface area (Å²) in [6, 6.07) is 9.64. The number of nitrogens with one attached hydrogen (secondary N) is 1. The maximum Gasteiger partial charge on any atom is 0.257 e. The summed E-state index contributed by atoms with van der Waals surface area (Å²) < 4.78 is 30.0. The molecular weight excluding hydrogens is 481 g/mol. The quantitative estimate of drug-likeness (QED) is 0.658. The molecule has 0 spiro atoms. The second-order valence-corrected chi connectivity index (χ2v) is 9.25. The maximum absolute atomic E-state index is 13.5. The van der Waals surface area contributed by atoms with E-state index in [9.17, 15) is 18.8 Å². The van der Waals surface area contributed by atoms with Crippen molar-refractivity contribution in [1.29, 1.82) is 0 Å². The van der Waals surface area contributed by atoms with E-state index >= 15 is 0 Å². The van der Waals surface area contributed by atoms with Crippen molar-refractivity contribution >= 4 is 23.4 Å². The van der Waals surface area contributed by atoms with Crippen LogP contribution >= 0.6 is 0 Å². The molecule has 0 radical (unpaired) electrons. The van der Waals surface area contributed by atoms with Crippen molar-refractivity contribution in [2.24, 2.45) is 5.92 Å². The zero-order chi connectivity index (χ0) is 27.1. The Kier molecular flexibility index (Phi) is 9.60. The molecule has 1 N–H and O–H groups in total. The summed E-state index contributed by atoms with van der Waals surface area (Å²) in [6.45, 7) is 4.62. The van der Waals surface area contributed by atoms with E-state index in [1.54, 1.807) is 37.3 Å². The van der Waals surface area contributed by atoms with Gasteiger partial charge in [-0.1, -0.05) is 6.92 Å². The van der Waals surface area contributed by atoms with Crippen molar-refractivity contribution in [3.8, 4) is 5.75 Å². The largest absolute Gasteiger partial charge is 0.491 e. The lowest BCUT2D eigenvalue weighted by molar-refractivity contribution is -0.139. The van der Waals surface area contributed by atoms with E-state index in [1.807, 2.05) is 13.8 Å². The molecule has 0 aliphatic carbocycles. The molecule has 2 aromatic rings. The first kappa shape index (κ1) is 28.1.